The number of carboxylic acids is 1. The number of anilines is 1. The number of rotatable bonds is 6. The summed E-state index contributed by atoms with van der Waals surface area (Å²) in [4.78, 5) is 50.9. The van der Waals surface area contributed by atoms with Gasteiger partial charge in [0.15, 0.2) is 16.1 Å². The molecule has 0 spiro atoms. The van der Waals surface area contributed by atoms with Gasteiger partial charge in [-0.2, -0.15) is 0 Å². The first kappa shape index (κ1) is 26.7. The number of carbonyl (C=O) groups excluding carboxylic acids is 2. The van der Waals surface area contributed by atoms with Crippen LogP contribution in [-0.4, -0.2) is 68.8 Å². The Labute approximate surface area is 222 Å². The standard InChI is InChI=1S/C24H29ClN6O5S/c1-5-13-18(25)30-19(26-13)20(32)27-14-9-10-31(11-16(14)29-23(35)36-24(2,3)4)22-28-15-8-6-7-12(21(33)34)17(15)37-22/h6-8,14,16H,5,9-11H2,1-4H3,(H,26,30)(H,27,32)(H,29,35)(H,33,34)/t14-,16+/m1/s1. The third-order valence-corrected chi connectivity index (χ3v) is 7.31. The van der Waals surface area contributed by atoms with Gasteiger partial charge in [0.2, 0.25) is 0 Å². The van der Waals surface area contributed by atoms with Crippen molar-refractivity contribution in [3.8, 4) is 0 Å². The molecule has 198 valence electrons. The summed E-state index contributed by atoms with van der Waals surface area (Å²) in [5, 5.41) is 16.3. The van der Waals surface area contributed by atoms with Crippen molar-refractivity contribution >= 4 is 56.3 Å². The zero-order chi connectivity index (χ0) is 26.9. The maximum atomic E-state index is 12.9. The van der Waals surface area contributed by atoms with Crippen LogP contribution < -0.4 is 15.5 Å². The number of alkyl carbamates (subject to hydrolysis) is 1. The maximum absolute atomic E-state index is 12.9. The zero-order valence-electron chi connectivity index (χ0n) is 20.9. The molecule has 1 aliphatic heterocycles. The molecular weight excluding hydrogens is 520 g/mol. The second-order valence-electron chi connectivity index (χ2n) is 9.73. The Balaban J connectivity index is 1.56. The topological polar surface area (TPSA) is 150 Å². The van der Waals surface area contributed by atoms with Crippen LogP contribution in [0.1, 0.15) is 60.8 Å². The number of nitrogens with zero attached hydrogens (tertiary/aromatic N) is 3. The van der Waals surface area contributed by atoms with Gasteiger partial charge in [0.25, 0.3) is 5.91 Å². The average molecular weight is 549 g/mol. The number of fused-ring (bicyclic) bond motifs is 1. The largest absolute Gasteiger partial charge is 0.478 e. The third-order valence-electron chi connectivity index (χ3n) is 5.83. The summed E-state index contributed by atoms with van der Waals surface area (Å²) >= 11 is 7.38. The number of carbonyl (C=O) groups is 3. The highest BCUT2D eigenvalue weighted by molar-refractivity contribution is 7.22. The quantitative estimate of drug-likeness (QED) is 0.363. The highest BCUT2D eigenvalue weighted by atomic mass is 35.5. The van der Waals surface area contributed by atoms with E-state index in [1.54, 1.807) is 39.0 Å². The Bertz CT molecular complexity index is 1330. The lowest BCUT2D eigenvalue weighted by molar-refractivity contribution is 0.0483. The number of thiazole rings is 1. The van der Waals surface area contributed by atoms with E-state index in [1.807, 2.05) is 11.8 Å². The van der Waals surface area contributed by atoms with E-state index in [0.717, 1.165) is 0 Å². The highest BCUT2D eigenvalue weighted by Crippen LogP contribution is 2.33. The molecule has 2 atom stereocenters. The molecule has 0 bridgehead atoms. The van der Waals surface area contributed by atoms with Crippen LogP contribution in [0.5, 0.6) is 0 Å². The Morgan fingerprint density at radius 3 is 2.65 bits per heavy atom. The van der Waals surface area contributed by atoms with Crippen molar-refractivity contribution in [2.75, 3.05) is 18.0 Å². The molecule has 1 aliphatic rings. The first-order chi connectivity index (χ1) is 17.4. The van der Waals surface area contributed by atoms with Crippen molar-refractivity contribution in [2.24, 2.45) is 0 Å². The highest BCUT2D eigenvalue weighted by Gasteiger charge is 2.35. The molecule has 0 radical (unpaired) electrons. The van der Waals surface area contributed by atoms with Gasteiger partial charge < -0.3 is 30.4 Å². The van der Waals surface area contributed by atoms with Gasteiger partial charge >= 0.3 is 12.1 Å². The molecule has 0 saturated carbocycles. The summed E-state index contributed by atoms with van der Waals surface area (Å²) in [6, 6.07) is 4.04. The summed E-state index contributed by atoms with van der Waals surface area (Å²) in [6.45, 7) is 8.06. The Morgan fingerprint density at radius 1 is 1.24 bits per heavy atom. The summed E-state index contributed by atoms with van der Waals surface area (Å²) in [5.74, 6) is -1.34. The van der Waals surface area contributed by atoms with Crippen LogP contribution >= 0.6 is 22.9 Å². The van der Waals surface area contributed by atoms with Crippen molar-refractivity contribution in [2.45, 2.75) is 58.2 Å². The number of carboxylic acid groups (broad SMARTS) is 1. The number of aromatic nitrogens is 3. The van der Waals surface area contributed by atoms with Crippen LogP contribution in [0.4, 0.5) is 9.93 Å². The van der Waals surface area contributed by atoms with Crippen molar-refractivity contribution < 1.29 is 24.2 Å². The van der Waals surface area contributed by atoms with Crippen LogP contribution in [0.25, 0.3) is 10.2 Å². The van der Waals surface area contributed by atoms with Crippen LogP contribution in [0.3, 0.4) is 0 Å². The lowest BCUT2D eigenvalue weighted by atomic mass is 9.99. The molecule has 1 aromatic carbocycles. The Morgan fingerprint density at radius 2 is 2.00 bits per heavy atom. The predicted molar refractivity (Wildman–Crippen MR) is 141 cm³/mol. The predicted octanol–water partition coefficient (Wildman–Crippen LogP) is 3.84. The molecular formula is C24H29ClN6O5S. The van der Waals surface area contributed by atoms with Gasteiger partial charge in [-0.15, -0.1) is 0 Å². The minimum atomic E-state index is -1.02. The third kappa shape index (κ3) is 6.13. The van der Waals surface area contributed by atoms with E-state index in [1.165, 1.54) is 11.3 Å². The van der Waals surface area contributed by atoms with Gasteiger partial charge in [-0.25, -0.2) is 19.6 Å². The van der Waals surface area contributed by atoms with Crippen LogP contribution in [0.2, 0.25) is 5.15 Å². The van der Waals surface area contributed by atoms with Gasteiger partial charge in [-0.05, 0) is 45.7 Å². The molecule has 2 aromatic heterocycles. The van der Waals surface area contributed by atoms with Gasteiger partial charge in [0.05, 0.1) is 33.6 Å². The van der Waals surface area contributed by atoms with Gasteiger partial charge in [-0.3, -0.25) is 4.79 Å². The number of halogens is 1. The molecule has 1 saturated heterocycles. The fraction of sp³-hybridized carbons (Fsp3) is 0.458. The van der Waals surface area contributed by atoms with Crippen molar-refractivity contribution in [3.63, 3.8) is 0 Å². The van der Waals surface area contributed by atoms with E-state index in [9.17, 15) is 19.5 Å². The van der Waals surface area contributed by atoms with E-state index < -0.39 is 35.7 Å². The molecule has 2 amide bonds. The number of H-pyrrole nitrogens is 1. The monoisotopic (exact) mass is 548 g/mol. The molecule has 11 nitrogen and oxygen atoms in total. The maximum Gasteiger partial charge on any atom is 0.408 e. The Hall–Kier alpha value is -3.38. The number of amides is 2. The van der Waals surface area contributed by atoms with Crippen molar-refractivity contribution in [3.05, 3.63) is 40.4 Å². The zero-order valence-corrected chi connectivity index (χ0v) is 22.5. The number of hydrogen-bond acceptors (Lipinski definition) is 8. The molecule has 3 heterocycles. The van der Waals surface area contributed by atoms with E-state index >= 15 is 0 Å². The van der Waals surface area contributed by atoms with Gasteiger partial charge in [0, 0.05) is 13.1 Å². The lowest BCUT2D eigenvalue weighted by Gasteiger charge is -2.39. The van der Waals surface area contributed by atoms with Gasteiger partial charge in [0.1, 0.15) is 5.60 Å². The lowest BCUT2D eigenvalue weighted by Crippen LogP contribution is -2.61. The number of aromatic carboxylic acids is 1. The number of aromatic amines is 1. The summed E-state index contributed by atoms with van der Waals surface area (Å²) < 4.78 is 6.03. The number of piperidine rings is 1. The first-order valence-electron chi connectivity index (χ1n) is 11.9. The SMILES string of the molecule is CCc1[nH]c(C(=O)N[C@@H]2CCN(c3nc4cccc(C(=O)O)c4s3)C[C@@H]2NC(=O)OC(C)(C)C)nc1Cl. The number of ether oxygens (including phenoxy) is 1. The second kappa shape index (κ2) is 10.5. The first-order valence-corrected chi connectivity index (χ1v) is 13.1. The van der Waals surface area contributed by atoms with E-state index in [-0.39, 0.29) is 16.5 Å². The van der Waals surface area contributed by atoms with Crippen molar-refractivity contribution in [1.29, 1.82) is 0 Å². The smallest absolute Gasteiger partial charge is 0.408 e. The molecule has 0 aliphatic carbocycles. The van der Waals surface area contributed by atoms with E-state index in [0.29, 0.717) is 47.0 Å². The molecule has 0 unspecified atom stereocenters. The number of benzene rings is 1. The molecule has 4 N–H and O–H groups in total. The number of imidazole rings is 1. The number of aryl methyl sites for hydroxylation is 1. The van der Waals surface area contributed by atoms with E-state index in [2.05, 4.69) is 25.6 Å². The summed E-state index contributed by atoms with van der Waals surface area (Å²) in [7, 11) is 0. The minimum Gasteiger partial charge on any atom is -0.478 e. The number of hydrogen-bond donors (Lipinski definition) is 4. The average Bonchev–Trinajstić information content (AvgIpc) is 3.42. The summed E-state index contributed by atoms with van der Waals surface area (Å²) in [6.07, 6.45) is 0.486. The summed E-state index contributed by atoms with van der Waals surface area (Å²) in [5.41, 5.74) is 0.754. The molecule has 3 aromatic rings. The van der Waals surface area contributed by atoms with Crippen LogP contribution in [0.15, 0.2) is 18.2 Å². The van der Waals surface area contributed by atoms with Crippen LogP contribution in [-0.2, 0) is 11.2 Å². The number of nitrogens with one attached hydrogen (secondary N) is 3. The Kier molecular flexibility index (Phi) is 7.60. The van der Waals surface area contributed by atoms with Crippen LogP contribution in [0, 0.1) is 0 Å². The van der Waals surface area contributed by atoms with Gasteiger partial charge in [-0.1, -0.05) is 35.9 Å². The molecule has 37 heavy (non-hydrogen) atoms. The molecule has 1 fully saturated rings. The fourth-order valence-corrected chi connectivity index (χ4v) is 5.48. The second-order valence-corrected chi connectivity index (χ2v) is 11.1. The van der Waals surface area contributed by atoms with E-state index in [4.69, 9.17) is 16.3 Å². The molecule has 13 heteroatoms. The fourth-order valence-electron chi connectivity index (χ4n) is 4.11. The minimum absolute atomic E-state index is 0.104. The normalized spacial score (nSPS) is 18.0. The van der Waals surface area contributed by atoms with Crippen molar-refractivity contribution in [1.82, 2.24) is 25.6 Å². The molecule has 4 rings (SSSR count).